The Balaban J connectivity index is 1.49. The van der Waals surface area contributed by atoms with E-state index in [0.717, 1.165) is 25.7 Å². The lowest BCUT2D eigenvalue weighted by Crippen LogP contribution is -2.29. The van der Waals surface area contributed by atoms with Crippen molar-refractivity contribution in [3.63, 3.8) is 0 Å². The zero-order chi connectivity index (χ0) is 22.8. The van der Waals surface area contributed by atoms with Gasteiger partial charge in [0.2, 0.25) is 5.91 Å². The largest absolute Gasteiger partial charge is 0.344 e. The Morgan fingerprint density at radius 2 is 1.84 bits per heavy atom. The van der Waals surface area contributed by atoms with E-state index < -0.39 is 0 Å². The molecular formula is C25H27N3O2S2. The van der Waals surface area contributed by atoms with Gasteiger partial charge in [0.1, 0.15) is 10.7 Å². The molecule has 4 rings (SSSR count). The fraction of sp³-hybridized carbons (Fsp3) is 0.320. The zero-order valence-corrected chi connectivity index (χ0v) is 20.3. The molecule has 2 N–H and O–H groups in total. The number of nitrogens with one attached hydrogen (secondary N) is 2. The Kier molecular flexibility index (Phi) is 6.58. The first-order chi connectivity index (χ1) is 15.3. The van der Waals surface area contributed by atoms with Crippen LogP contribution in [0, 0.1) is 13.8 Å². The van der Waals surface area contributed by atoms with Crippen molar-refractivity contribution in [3.8, 4) is 0 Å². The Morgan fingerprint density at radius 1 is 1.12 bits per heavy atom. The van der Waals surface area contributed by atoms with Gasteiger partial charge in [-0.05, 0) is 47.9 Å². The molecule has 166 valence electrons. The third-order valence-corrected chi connectivity index (χ3v) is 7.78. The number of carbonyl (C=O) groups is 1. The second-order valence-electron chi connectivity index (χ2n) is 8.31. The van der Waals surface area contributed by atoms with Gasteiger partial charge in [-0.2, -0.15) is 0 Å². The van der Waals surface area contributed by atoms with Crippen LogP contribution in [0.1, 0.15) is 64.5 Å². The maximum absolute atomic E-state index is 12.9. The van der Waals surface area contributed by atoms with Crippen LogP contribution in [0.15, 0.2) is 46.6 Å². The standard InChI is InChI=1S/C25H27N3O2S2/c1-14(2)17-7-9-18(10-8-17)23(19-6-5-13-31-19)28-21(29)12-11-20-26-24(30)22-15(3)16(4)32-25(22)27-20/h5-10,13-14,23H,11-12H2,1-4H3,(H,28,29)(H,26,27,30). The van der Waals surface area contributed by atoms with E-state index in [2.05, 4.69) is 53.4 Å². The first-order valence-corrected chi connectivity index (χ1v) is 12.4. The molecule has 4 aromatic rings. The molecule has 0 saturated carbocycles. The number of hydrogen-bond acceptors (Lipinski definition) is 5. The van der Waals surface area contributed by atoms with Crippen molar-refractivity contribution in [2.45, 2.75) is 52.5 Å². The van der Waals surface area contributed by atoms with Crippen LogP contribution in [0.2, 0.25) is 0 Å². The van der Waals surface area contributed by atoms with E-state index in [9.17, 15) is 9.59 Å². The first kappa shape index (κ1) is 22.4. The Hall–Kier alpha value is -2.77. The van der Waals surface area contributed by atoms with Crippen LogP contribution in [0.3, 0.4) is 0 Å². The fourth-order valence-corrected chi connectivity index (χ4v) is 5.58. The smallest absolute Gasteiger partial charge is 0.259 e. The van der Waals surface area contributed by atoms with Crippen LogP contribution in [0.4, 0.5) is 0 Å². The van der Waals surface area contributed by atoms with E-state index in [1.165, 1.54) is 16.9 Å². The highest BCUT2D eigenvalue weighted by molar-refractivity contribution is 7.18. The van der Waals surface area contributed by atoms with Crippen LogP contribution >= 0.6 is 22.7 Å². The third-order valence-electron chi connectivity index (χ3n) is 5.75. The minimum Gasteiger partial charge on any atom is -0.344 e. The fourth-order valence-electron chi connectivity index (χ4n) is 3.73. The number of rotatable bonds is 7. The minimum atomic E-state index is -0.194. The molecule has 7 heteroatoms. The molecule has 0 aliphatic rings. The summed E-state index contributed by atoms with van der Waals surface area (Å²) in [5.41, 5.74) is 3.18. The number of benzene rings is 1. The molecule has 3 aromatic heterocycles. The van der Waals surface area contributed by atoms with Gasteiger partial charge in [0.15, 0.2) is 0 Å². The maximum atomic E-state index is 12.9. The number of thiophene rings is 2. The van der Waals surface area contributed by atoms with Crippen molar-refractivity contribution in [2.75, 3.05) is 0 Å². The molecular weight excluding hydrogens is 438 g/mol. The van der Waals surface area contributed by atoms with Gasteiger partial charge in [0.25, 0.3) is 5.56 Å². The summed E-state index contributed by atoms with van der Waals surface area (Å²) >= 11 is 3.15. The number of hydrogen-bond donors (Lipinski definition) is 2. The number of amides is 1. The average Bonchev–Trinajstić information content (AvgIpc) is 3.39. The number of aromatic nitrogens is 2. The molecule has 0 saturated heterocycles. The number of aromatic amines is 1. The summed E-state index contributed by atoms with van der Waals surface area (Å²) in [5.74, 6) is 0.937. The van der Waals surface area contributed by atoms with Crippen LogP contribution < -0.4 is 10.9 Å². The normalized spacial score (nSPS) is 12.4. The molecule has 5 nitrogen and oxygen atoms in total. The monoisotopic (exact) mass is 465 g/mol. The lowest BCUT2D eigenvalue weighted by Gasteiger charge is -2.19. The van der Waals surface area contributed by atoms with Crippen molar-refractivity contribution in [1.82, 2.24) is 15.3 Å². The lowest BCUT2D eigenvalue weighted by atomic mass is 9.98. The second-order valence-corrected chi connectivity index (χ2v) is 10.5. The van der Waals surface area contributed by atoms with Crippen LogP contribution in [0.5, 0.6) is 0 Å². The average molecular weight is 466 g/mol. The van der Waals surface area contributed by atoms with Gasteiger partial charge in [-0.1, -0.05) is 44.2 Å². The second kappa shape index (κ2) is 9.38. The van der Waals surface area contributed by atoms with Gasteiger partial charge < -0.3 is 10.3 Å². The summed E-state index contributed by atoms with van der Waals surface area (Å²) in [7, 11) is 0. The Morgan fingerprint density at radius 3 is 2.50 bits per heavy atom. The van der Waals surface area contributed by atoms with E-state index in [1.54, 1.807) is 11.3 Å². The van der Waals surface area contributed by atoms with Crippen LogP contribution in [-0.2, 0) is 11.2 Å². The Labute approximate surface area is 195 Å². The Bertz CT molecular complexity index is 1290. The van der Waals surface area contributed by atoms with Gasteiger partial charge in [-0.15, -0.1) is 22.7 Å². The summed E-state index contributed by atoms with van der Waals surface area (Å²) in [6.45, 7) is 8.27. The molecule has 0 fully saturated rings. The van der Waals surface area contributed by atoms with Crippen molar-refractivity contribution in [2.24, 2.45) is 0 Å². The highest BCUT2D eigenvalue weighted by Crippen LogP contribution is 2.28. The van der Waals surface area contributed by atoms with Gasteiger partial charge in [-0.25, -0.2) is 4.98 Å². The molecule has 3 heterocycles. The predicted molar refractivity (Wildman–Crippen MR) is 133 cm³/mol. The van der Waals surface area contributed by atoms with E-state index in [4.69, 9.17) is 0 Å². The molecule has 1 amide bonds. The lowest BCUT2D eigenvalue weighted by molar-refractivity contribution is -0.121. The molecule has 32 heavy (non-hydrogen) atoms. The molecule has 0 radical (unpaired) electrons. The highest BCUT2D eigenvalue weighted by atomic mass is 32.1. The summed E-state index contributed by atoms with van der Waals surface area (Å²) in [6, 6.07) is 12.3. The quantitative estimate of drug-likeness (QED) is 0.372. The van der Waals surface area contributed by atoms with Crippen molar-refractivity contribution < 1.29 is 4.79 Å². The molecule has 1 atom stereocenters. The molecule has 0 aliphatic heterocycles. The number of nitrogens with zero attached hydrogens (tertiary/aromatic N) is 1. The summed E-state index contributed by atoms with van der Waals surface area (Å²) in [4.78, 5) is 35.7. The third kappa shape index (κ3) is 4.69. The van der Waals surface area contributed by atoms with Gasteiger partial charge >= 0.3 is 0 Å². The topological polar surface area (TPSA) is 74.8 Å². The van der Waals surface area contributed by atoms with Crippen molar-refractivity contribution >= 4 is 38.8 Å². The highest BCUT2D eigenvalue weighted by Gasteiger charge is 2.19. The van der Waals surface area contributed by atoms with Crippen LogP contribution in [-0.4, -0.2) is 15.9 Å². The zero-order valence-electron chi connectivity index (χ0n) is 18.7. The SMILES string of the molecule is Cc1sc2nc(CCC(=O)NC(c3ccc(C(C)C)cc3)c3cccs3)[nH]c(=O)c2c1C. The molecule has 0 aliphatic carbocycles. The first-order valence-electron chi connectivity index (χ1n) is 10.7. The maximum Gasteiger partial charge on any atom is 0.259 e. The van der Waals surface area contributed by atoms with E-state index in [-0.39, 0.29) is 23.9 Å². The van der Waals surface area contributed by atoms with Gasteiger partial charge in [-0.3, -0.25) is 9.59 Å². The van der Waals surface area contributed by atoms with E-state index >= 15 is 0 Å². The molecule has 0 spiro atoms. The summed E-state index contributed by atoms with van der Waals surface area (Å²) < 4.78 is 0. The summed E-state index contributed by atoms with van der Waals surface area (Å²) in [6.07, 6.45) is 0.639. The molecule has 1 unspecified atom stereocenters. The van der Waals surface area contributed by atoms with Gasteiger partial charge in [0, 0.05) is 22.6 Å². The summed E-state index contributed by atoms with van der Waals surface area (Å²) in [5, 5.41) is 5.85. The number of fused-ring (bicyclic) bond motifs is 1. The predicted octanol–water partition coefficient (Wildman–Crippen LogP) is 5.62. The van der Waals surface area contributed by atoms with Crippen molar-refractivity contribution in [3.05, 3.63) is 84.4 Å². The number of H-pyrrole nitrogens is 1. The molecule has 1 aromatic carbocycles. The van der Waals surface area contributed by atoms with E-state index in [0.29, 0.717) is 23.5 Å². The molecule has 0 bridgehead atoms. The van der Waals surface area contributed by atoms with Crippen molar-refractivity contribution in [1.29, 1.82) is 0 Å². The minimum absolute atomic E-state index is 0.0716. The number of carbonyl (C=O) groups excluding carboxylic acids is 1. The number of aryl methyl sites for hydroxylation is 3. The van der Waals surface area contributed by atoms with Crippen LogP contribution in [0.25, 0.3) is 10.2 Å². The van der Waals surface area contributed by atoms with E-state index in [1.807, 2.05) is 31.4 Å². The van der Waals surface area contributed by atoms with Gasteiger partial charge in [0.05, 0.1) is 11.4 Å².